The Bertz CT molecular complexity index is 216. The van der Waals surface area contributed by atoms with Crippen LogP contribution in [0.1, 0.15) is 39.0 Å². The van der Waals surface area contributed by atoms with Crippen LogP contribution in [0.15, 0.2) is 0 Å². The Balaban J connectivity index is 2.04. The fourth-order valence-corrected chi connectivity index (χ4v) is 2.45. The van der Waals surface area contributed by atoms with Crippen molar-refractivity contribution in [1.29, 1.82) is 0 Å². The van der Waals surface area contributed by atoms with Gasteiger partial charge >= 0.3 is 0 Å². The van der Waals surface area contributed by atoms with Crippen LogP contribution in [0, 0.1) is 5.92 Å². The fourth-order valence-electron chi connectivity index (χ4n) is 2.45. The van der Waals surface area contributed by atoms with E-state index < -0.39 is 5.60 Å². The second-order valence-electron chi connectivity index (χ2n) is 5.98. The van der Waals surface area contributed by atoms with Gasteiger partial charge in [-0.15, -0.1) is 0 Å². The number of nitrogens with two attached hydrogens (primary N) is 1. The van der Waals surface area contributed by atoms with E-state index in [4.69, 9.17) is 10.5 Å². The molecule has 1 aliphatic rings. The Kier molecular flexibility index (Phi) is 7.15. The van der Waals surface area contributed by atoms with Gasteiger partial charge in [0.25, 0.3) is 0 Å². The van der Waals surface area contributed by atoms with E-state index >= 15 is 0 Å². The molecule has 18 heavy (non-hydrogen) atoms. The van der Waals surface area contributed by atoms with Crippen molar-refractivity contribution in [3.05, 3.63) is 0 Å². The molecule has 3 N–H and O–H groups in total. The summed E-state index contributed by atoms with van der Waals surface area (Å²) in [4.78, 5) is 2.41. The Morgan fingerprint density at radius 2 is 2.00 bits per heavy atom. The zero-order valence-corrected chi connectivity index (χ0v) is 12.0. The summed E-state index contributed by atoms with van der Waals surface area (Å²) in [5.41, 5.74) is 4.82. The SMILES string of the molecule is CN(CCCCC(C)(O)CN)CC1CCOCC1. The van der Waals surface area contributed by atoms with Crippen molar-refractivity contribution in [2.75, 3.05) is 39.9 Å². The van der Waals surface area contributed by atoms with E-state index in [-0.39, 0.29) is 0 Å². The van der Waals surface area contributed by atoms with Crippen LogP contribution in [0.4, 0.5) is 0 Å². The van der Waals surface area contributed by atoms with Gasteiger partial charge in [-0.05, 0) is 58.5 Å². The first-order chi connectivity index (χ1) is 8.53. The van der Waals surface area contributed by atoms with Gasteiger partial charge in [-0.2, -0.15) is 0 Å². The summed E-state index contributed by atoms with van der Waals surface area (Å²) in [5, 5.41) is 9.80. The van der Waals surface area contributed by atoms with Crippen molar-refractivity contribution in [2.24, 2.45) is 11.7 Å². The van der Waals surface area contributed by atoms with Gasteiger partial charge in [0.05, 0.1) is 5.60 Å². The van der Waals surface area contributed by atoms with Crippen LogP contribution in [-0.4, -0.2) is 55.5 Å². The number of ether oxygens (including phenoxy) is 1. The maximum Gasteiger partial charge on any atom is 0.0741 e. The largest absolute Gasteiger partial charge is 0.389 e. The molecule has 1 atom stereocenters. The molecule has 1 unspecified atom stereocenters. The molecule has 0 aliphatic carbocycles. The van der Waals surface area contributed by atoms with E-state index in [9.17, 15) is 5.11 Å². The maximum absolute atomic E-state index is 9.80. The number of aliphatic hydroxyl groups is 1. The van der Waals surface area contributed by atoms with Crippen LogP contribution >= 0.6 is 0 Å². The van der Waals surface area contributed by atoms with Gasteiger partial charge in [-0.1, -0.05) is 0 Å². The molecule has 4 nitrogen and oxygen atoms in total. The van der Waals surface area contributed by atoms with E-state index in [0.29, 0.717) is 6.54 Å². The molecule has 0 aromatic heterocycles. The van der Waals surface area contributed by atoms with Gasteiger partial charge in [0.2, 0.25) is 0 Å². The first kappa shape index (κ1) is 15.9. The third-order valence-electron chi connectivity index (χ3n) is 3.86. The van der Waals surface area contributed by atoms with Crippen molar-refractivity contribution in [2.45, 2.75) is 44.6 Å². The van der Waals surface area contributed by atoms with Crippen LogP contribution in [-0.2, 0) is 4.74 Å². The molecule has 1 fully saturated rings. The molecule has 0 aromatic carbocycles. The summed E-state index contributed by atoms with van der Waals surface area (Å²) in [7, 11) is 2.19. The van der Waals surface area contributed by atoms with Crippen LogP contribution in [0.3, 0.4) is 0 Å². The minimum absolute atomic E-state index is 0.352. The molecule has 1 rings (SSSR count). The van der Waals surface area contributed by atoms with E-state index in [1.807, 2.05) is 6.92 Å². The average molecular weight is 258 g/mol. The summed E-state index contributed by atoms with van der Waals surface area (Å²) in [6, 6.07) is 0. The highest BCUT2D eigenvalue weighted by atomic mass is 16.5. The molecule has 1 heterocycles. The molecule has 0 spiro atoms. The van der Waals surface area contributed by atoms with Crippen molar-refractivity contribution in [3.63, 3.8) is 0 Å². The highest BCUT2D eigenvalue weighted by Crippen LogP contribution is 2.16. The average Bonchev–Trinajstić information content (AvgIpc) is 2.36. The quantitative estimate of drug-likeness (QED) is 0.643. The number of unbranched alkanes of at least 4 members (excludes halogenated alkanes) is 1. The van der Waals surface area contributed by atoms with Gasteiger partial charge in [-0.3, -0.25) is 0 Å². The first-order valence-electron chi connectivity index (χ1n) is 7.22. The van der Waals surface area contributed by atoms with Gasteiger partial charge in [0.1, 0.15) is 0 Å². The number of nitrogens with zero attached hydrogens (tertiary/aromatic N) is 1. The summed E-state index contributed by atoms with van der Waals surface area (Å²) in [6.45, 7) is 6.31. The van der Waals surface area contributed by atoms with Crippen molar-refractivity contribution < 1.29 is 9.84 Å². The summed E-state index contributed by atoms with van der Waals surface area (Å²) >= 11 is 0. The highest BCUT2D eigenvalue weighted by Gasteiger charge is 2.18. The Hall–Kier alpha value is -0.160. The molecule has 1 aliphatic heterocycles. The molecular formula is C14H30N2O2. The lowest BCUT2D eigenvalue weighted by atomic mass is 9.98. The summed E-state index contributed by atoms with van der Waals surface area (Å²) in [6.07, 6.45) is 5.38. The monoisotopic (exact) mass is 258 g/mol. The second kappa shape index (κ2) is 8.10. The van der Waals surface area contributed by atoms with Crippen LogP contribution in [0.25, 0.3) is 0 Å². The van der Waals surface area contributed by atoms with E-state index in [2.05, 4.69) is 11.9 Å². The molecular weight excluding hydrogens is 228 g/mol. The predicted molar refractivity (Wildman–Crippen MR) is 74.6 cm³/mol. The Morgan fingerprint density at radius 1 is 1.33 bits per heavy atom. The van der Waals surface area contributed by atoms with E-state index in [1.165, 1.54) is 19.4 Å². The molecule has 0 radical (unpaired) electrons. The van der Waals surface area contributed by atoms with Crippen LogP contribution in [0.2, 0.25) is 0 Å². The van der Waals surface area contributed by atoms with Gasteiger partial charge < -0.3 is 20.5 Å². The minimum Gasteiger partial charge on any atom is -0.389 e. The summed E-state index contributed by atoms with van der Waals surface area (Å²) < 4.78 is 5.37. The predicted octanol–water partition coefficient (Wildman–Crippen LogP) is 1.22. The van der Waals surface area contributed by atoms with Gasteiger partial charge in [-0.25, -0.2) is 0 Å². The Labute approximate surface area is 111 Å². The second-order valence-corrected chi connectivity index (χ2v) is 5.98. The first-order valence-corrected chi connectivity index (χ1v) is 7.22. The van der Waals surface area contributed by atoms with Gasteiger partial charge in [0, 0.05) is 26.3 Å². The third kappa shape index (κ3) is 6.69. The lowest BCUT2D eigenvalue weighted by Gasteiger charge is -2.27. The lowest BCUT2D eigenvalue weighted by molar-refractivity contribution is 0.0513. The third-order valence-corrected chi connectivity index (χ3v) is 3.86. The zero-order valence-electron chi connectivity index (χ0n) is 12.0. The van der Waals surface area contributed by atoms with Crippen LogP contribution in [0.5, 0.6) is 0 Å². The number of rotatable bonds is 8. The van der Waals surface area contributed by atoms with Crippen molar-refractivity contribution in [1.82, 2.24) is 4.90 Å². The van der Waals surface area contributed by atoms with Crippen LogP contribution < -0.4 is 5.73 Å². The smallest absolute Gasteiger partial charge is 0.0741 e. The molecule has 0 aromatic rings. The molecule has 0 amide bonds. The fraction of sp³-hybridized carbons (Fsp3) is 1.00. The lowest BCUT2D eigenvalue weighted by Crippen LogP contribution is -2.34. The molecule has 0 bridgehead atoms. The molecule has 4 heteroatoms. The normalized spacial score (nSPS) is 21.2. The highest BCUT2D eigenvalue weighted by molar-refractivity contribution is 4.73. The standard InChI is InChI=1S/C14H30N2O2/c1-14(17,12-15)7-3-4-8-16(2)11-13-5-9-18-10-6-13/h13,17H,3-12,15H2,1-2H3. The van der Waals surface area contributed by atoms with Crippen molar-refractivity contribution in [3.8, 4) is 0 Å². The number of hydrogen-bond acceptors (Lipinski definition) is 4. The molecule has 1 saturated heterocycles. The van der Waals surface area contributed by atoms with Crippen molar-refractivity contribution >= 4 is 0 Å². The van der Waals surface area contributed by atoms with Gasteiger partial charge in [0.15, 0.2) is 0 Å². The minimum atomic E-state index is -0.681. The molecule has 108 valence electrons. The topological polar surface area (TPSA) is 58.7 Å². The van der Waals surface area contributed by atoms with E-state index in [1.54, 1.807) is 0 Å². The summed E-state index contributed by atoms with van der Waals surface area (Å²) in [5.74, 6) is 0.802. The van der Waals surface area contributed by atoms with E-state index in [0.717, 1.165) is 44.9 Å². The maximum atomic E-state index is 9.80. The zero-order chi connectivity index (χ0) is 13.4. The molecule has 0 saturated carbocycles. The number of hydrogen-bond donors (Lipinski definition) is 2. The Morgan fingerprint density at radius 3 is 2.61 bits per heavy atom.